The Hall–Kier alpha value is -1.90. The number of aryl methyl sites for hydroxylation is 2. The fraction of sp³-hybridized carbons (Fsp3) is 0.375. The van der Waals surface area contributed by atoms with Gasteiger partial charge in [0.15, 0.2) is 0 Å². The normalized spacial score (nSPS) is 13.8. The maximum atomic E-state index is 5.83. The Morgan fingerprint density at radius 3 is 2.63 bits per heavy atom. The van der Waals surface area contributed by atoms with Crippen molar-refractivity contribution in [3.63, 3.8) is 0 Å². The molecule has 0 atom stereocenters. The van der Waals surface area contributed by atoms with E-state index in [2.05, 4.69) is 48.1 Å². The van der Waals surface area contributed by atoms with Crippen LogP contribution in [0.3, 0.4) is 0 Å². The molecule has 0 bridgehead atoms. The highest BCUT2D eigenvalue weighted by atomic mass is 15.0. The maximum Gasteiger partial charge on any atom is 0.220 e. The third-order valence-electron chi connectivity index (χ3n) is 3.75. The van der Waals surface area contributed by atoms with Gasteiger partial charge in [0, 0.05) is 11.3 Å². The molecule has 3 nitrogen and oxygen atoms in total. The number of nitrogen functional groups attached to an aromatic ring is 1. The van der Waals surface area contributed by atoms with E-state index in [1.54, 1.807) is 0 Å². The second-order valence-electron chi connectivity index (χ2n) is 5.53. The van der Waals surface area contributed by atoms with E-state index in [-0.39, 0.29) is 0 Å². The van der Waals surface area contributed by atoms with Crippen molar-refractivity contribution in [2.75, 3.05) is 5.73 Å². The first-order valence-corrected chi connectivity index (χ1v) is 6.90. The number of fused-ring (bicyclic) bond motifs is 1. The number of hydrogen-bond donors (Lipinski definition) is 1. The Balaban J connectivity index is 2.06. The molecule has 0 radical (unpaired) electrons. The van der Waals surface area contributed by atoms with E-state index >= 15 is 0 Å². The van der Waals surface area contributed by atoms with Crippen molar-refractivity contribution >= 4 is 5.95 Å². The summed E-state index contributed by atoms with van der Waals surface area (Å²) in [6.45, 7) is 4.24. The Labute approximate surface area is 113 Å². The highest BCUT2D eigenvalue weighted by molar-refractivity contribution is 5.63. The van der Waals surface area contributed by atoms with E-state index in [4.69, 9.17) is 5.73 Å². The average Bonchev–Trinajstić information content (AvgIpc) is 2.85. The summed E-state index contributed by atoms with van der Waals surface area (Å²) in [7, 11) is 0. The zero-order chi connectivity index (χ0) is 13.4. The molecular formula is C16H19N3. The lowest BCUT2D eigenvalue weighted by Gasteiger charge is -2.09. The van der Waals surface area contributed by atoms with Gasteiger partial charge in [-0.1, -0.05) is 26.0 Å². The molecule has 1 aromatic carbocycles. The molecule has 2 N–H and O–H groups in total. The van der Waals surface area contributed by atoms with Crippen molar-refractivity contribution in [2.24, 2.45) is 0 Å². The molecule has 3 heteroatoms. The van der Waals surface area contributed by atoms with E-state index in [1.807, 2.05) is 0 Å². The van der Waals surface area contributed by atoms with Gasteiger partial charge in [0.25, 0.3) is 0 Å². The molecule has 1 aromatic heterocycles. The van der Waals surface area contributed by atoms with E-state index in [0.717, 1.165) is 17.0 Å². The van der Waals surface area contributed by atoms with Crippen LogP contribution in [0.1, 0.15) is 43.0 Å². The lowest BCUT2D eigenvalue weighted by Crippen LogP contribution is -2.02. The number of nitrogens with zero attached hydrogens (tertiary/aromatic N) is 2. The molecule has 1 heterocycles. The highest BCUT2D eigenvalue weighted by Crippen LogP contribution is 2.28. The smallest absolute Gasteiger partial charge is 0.220 e. The summed E-state index contributed by atoms with van der Waals surface area (Å²) in [5, 5.41) is 0. The van der Waals surface area contributed by atoms with Crippen LogP contribution in [0, 0.1) is 0 Å². The number of hydrogen-bond acceptors (Lipinski definition) is 3. The van der Waals surface area contributed by atoms with Gasteiger partial charge >= 0.3 is 0 Å². The molecule has 2 aromatic rings. The Bertz CT molecular complexity index is 617. The topological polar surface area (TPSA) is 51.8 Å². The Morgan fingerprint density at radius 1 is 1.05 bits per heavy atom. The Kier molecular flexibility index (Phi) is 2.97. The molecule has 3 rings (SSSR count). The van der Waals surface area contributed by atoms with Gasteiger partial charge in [-0.05, 0) is 48.4 Å². The number of rotatable bonds is 2. The lowest BCUT2D eigenvalue weighted by molar-refractivity contribution is 0.819. The minimum Gasteiger partial charge on any atom is -0.368 e. The molecule has 0 amide bonds. The molecule has 0 aliphatic heterocycles. The van der Waals surface area contributed by atoms with Gasteiger partial charge in [-0.3, -0.25) is 0 Å². The first-order chi connectivity index (χ1) is 9.13. The predicted octanol–water partition coefficient (Wildman–Crippen LogP) is 3.34. The zero-order valence-electron chi connectivity index (χ0n) is 11.5. The van der Waals surface area contributed by atoms with Crippen LogP contribution < -0.4 is 5.73 Å². The molecule has 0 fully saturated rings. The van der Waals surface area contributed by atoms with Gasteiger partial charge in [0.05, 0.1) is 5.69 Å². The second kappa shape index (κ2) is 4.65. The van der Waals surface area contributed by atoms with E-state index in [1.165, 1.54) is 30.4 Å². The molecule has 1 aliphatic rings. The Morgan fingerprint density at radius 2 is 1.84 bits per heavy atom. The molecular weight excluding hydrogens is 234 g/mol. The van der Waals surface area contributed by atoms with Gasteiger partial charge in [0.2, 0.25) is 5.95 Å². The summed E-state index contributed by atoms with van der Waals surface area (Å²) in [6.07, 6.45) is 3.65. The fourth-order valence-electron chi connectivity index (χ4n) is 2.66. The van der Waals surface area contributed by atoms with Crippen LogP contribution in [0.5, 0.6) is 0 Å². The van der Waals surface area contributed by atoms with Gasteiger partial charge < -0.3 is 5.73 Å². The zero-order valence-corrected chi connectivity index (χ0v) is 11.5. The summed E-state index contributed by atoms with van der Waals surface area (Å²) in [6, 6.07) is 8.69. The summed E-state index contributed by atoms with van der Waals surface area (Å²) in [5.41, 5.74) is 11.9. The largest absolute Gasteiger partial charge is 0.368 e. The highest BCUT2D eigenvalue weighted by Gasteiger charge is 2.13. The molecule has 19 heavy (non-hydrogen) atoms. The van der Waals surface area contributed by atoms with E-state index in [9.17, 15) is 0 Å². The van der Waals surface area contributed by atoms with Crippen LogP contribution >= 0.6 is 0 Å². The van der Waals surface area contributed by atoms with Gasteiger partial charge in [0.1, 0.15) is 0 Å². The van der Waals surface area contributed by atoms with E-state index in [0.29, 0.717) is 11.9 Å². The summed E-state index contributed by atoms with van der Waals surface area (Å²) in [5.74, 6) is 0.722. The van der Waals surface area contributed by atoms with Crippen LogP contribution in [-0.2, 0) is 12.8 Å². The molecule has 0 spiro atoms. The standard InChI is InChI=1S/C16H19N3/c1-10(2)14-9-15(19-16(17)18-14)13-7-6-11-4-3-5-12(11)8-13/h6-10H,3-5H2,1-2H3,(H2,17,18,19). The number of anilines is 1. The molecule has 98 valence electrons. The molecule has 0 saturated carbocycles. The second-order valence-corrected chi connectivity index (χ2v) is 5.53. The third-order valence-corrected chi connectivity index (χ3v) is 3.75. The molecule has 0 saturated heterocycles. The van der Waals surface area contributed by atoms with E-state index < -0.39 is 0 Å². The summed E-state index contributed by atoms with van der Waals surface area (Å²) < 4.78 is 0. The van der Waals surface area contributed by atoms with Crippen molar-refractivity contribution in [3.8, 4) is 11.3 Å². The quantitative estimate of drug-likeness (QED) is 0.893. The number of nitrogens with two attached hydrogens (primary N) is 1. The van der Waals surface area contributed by atoms with Gasteiger partial charge in [-0.2, -0.15) is 0 Å². The molecule has 0 unspecified atom stereocenters. The van der Waals surface area contributed by atoms with Crippen LogP contribution in [-0.4, -0.2) is 9.97 Å². The first kappa shape index (κ1) is 12.2. The third kappa shape index (κ3) is 2.33. The van der Waals surface area contributed by atoms with Crippen molar-refractivity contribution in [1.29, 1.82) is 0 Å². The monoisotopic (exact) mass is 253 g/mol. The summed E-state index contributed by atoms with van der Waals surface area (Å²) in [4.78, 5) is 8.68. The SMILES string of the molecule is CC(C)c1cc(-c2ccc3c(c2)CCC3)nc(N)n1. The van der Waals surface area contributed by atoms with Crippen LogP contribution in [0.2, 0.25) is 0 Å². The minimum atomic E-state index is 0.360. The van der Waals surface area contributed by atoms with Crippen LogP contribution in [0.15, 0.2) is 24.3 Å². The van der Waals surface area contributed by atoms with Gasteiger partial charge in [-0.25, -0.2) is 9.97 Å². The lowest BCUT2D eigenvalue weighted by atomic mass is 10.0. The van der Waals surface area contributed by atoms with Crippen LogP contribution in [0.25, 0.3) is 11.3 Å². The number of benzene rings is 1. The average molecular weight is 253 g/mol. The predicted molar refractivity (Wildman–Crippen MR) is 78.0 cm³/mol. The first-order valence-electron chi connectivity index (χ1n) is 6.90. The minimum absolute atomic E-state index is 0.360. The van der Waals surface area contributed by atoms with Crippen molar-refractivity contribution in [2.45, 2.75) is 39.0 Å². The molecule has 1 aliphatic carbocycles. The number of aromatic nitrogens is 2. The van der Waals surface area contributed by atoms with Crippen molar-refractivity contribution in [1.82, 2.24) is 9.97 Å². The maximum absolute atomic E-state index is 5.83. The van der Waals surface area contributed by atoms with Crippen molar-refractivity contribution < 1.29 is 0 Å². The fourth-order valence-corrected chi connectivity index (χ4v) is 2.66. The summed E-state index contributed by atoms with van der Waals surface area (Å²) >= 11 is 0. The van der Waals surface area contributed by atoms with Crippen LogP contribution in [0.4, 0.5) is 5.95 Å². The van der Waals surface area contributed by atoms with Gasteiger partial charge in [-0.15, -0.1) is 0 Å². The van der Waals surface area contributed by atoms with Crippen molar-refractivity contribution in [3.05, 3.63) is 41.1 Å².